The summed E-state index contributed by atoms with van der Waals surface area (Å²) in [6.07, 6.45) is -3.11. The molecule has 8 nitrogen and oxygen atoms in total. The van der Waals surface area contributed by atoms with Crippen molar-refractivity contribution in [2.45, 2.75) is 19.5 Å². The number of benzene rings is 3. The molecule has 0 aliphatic carbocycles. The van der Waals surface area contributed by atoms with Crippen LogP contribution in [0.15, 0.2) is 61.2 Å². The molecule has 0 radical (unpaired) electrons. The lowest BCUT2D eigenvalue weighted by Gasteiger charge is -2.29. The zero-order valence-corrected chi connectivity index (χ0v) is 24.2. The first-order chi connectivity index (χ1) is 19.8. The number of carbonyl (C=O) groups excluding carboxylic acids is 1. The number of ether oxygens (including phenoxy) is 3. The fraction of sp³-hybridized carbons (Fsp3) is 0.300. The molecule has 12 heteroatoms. The van der Waals surface area contributed by atoms with E-state index in [1.54, 1.807) is 36.4 Å². The highest BCUT2D eigenvalue weighted by molar-refractivity contribution is 7.92. The van der Waals surface area contributed by atoms with E-state index in [0.717, 1.165) is 12.3 Å². The van der Waals surface area contributed by atoms with E-state index in [1.165, 1.54) is 31.1 Å². The molecule has 1 heterocycles. The van der Waals surface area contributed by atoms with Crippen LogP contribution in [0.2, 0.25) is 0 Å². The molecule has 3 aromatic carbocycles. The van der Waals surface area contributed by atoms with Gasteiger partial charge in [-0.25, -0.2) is 8.42 Å². The number of rotatable bonds is 11. The monoisotopic (exact) mass is 604 g/mol. The number of carbonyl (C=O) groups is 1. The van der Waals surface area contributed by atoms with E-state index in [-0.39, 0.29) is 42.9 Å². The lowest BCUT2D eigenvalue weighted by Crippen LogP contribution is -2.37. The predicted octanol–water partition coefficient (Wildman–Crippen LogP) is 5.98. The number of nitrogens with one attached hydrogen (secondary N) is 1. The molecular weight excluding hydrogens is 573 g/mol. The Hall–Kier alpha value is -3.87. The predicted molar refractivity (Wildman–Crippen MR) is 155 cm³/mol. The normalized spacial score (nSPS) is 13.6. The Morgan fingerprint density at radius 2 is 1.76 bits per heavy atom. The Balaban J connectivity index is 1.60. The van der Waals surface area contributed by atoms with Gasteiger partial charge in [0.2, 0.25) is 10.0 Å². The highest BCUT2D eigenvalue weighted by Gasteiger charge is 2.34. The summed E-state index contributed by atoms with van der Waals surface area (Å²) >= 11 is 0. The highest BCUT2D eigenvalue weighted by Crippen LogP contribution is 2.38. The molecule has 0 atom stereocenters. The summed E-state index contributed by atoms with van der Waals surface area (Å²) in [5.74, 6) is -0.106. The van der Waals surface area contributed by atoms with Crippen molar-refractivity contribution >= 4 is 32.9 Å². The molecule has 1 amide bonds. The van der Waals surface area contributed by atoms with E-state index in [0.29, 0.717) is 46.5 Å². The number of anilines is 2. The molecule has 3 aromatic rings. The van der Waals surface area contributed by atoms with Gasteiger partial charge in [-0.05, 0) is 65.9 Å². The minimum Gasteiger partial charge on any atom is -0.465 e. The van der Waals surface area contributed by atoms with Crippen LogP contribution in [0.25, 0.3) is 16.7 Å². The van der Waals surface area contributed by atoms with Gasteiger partial charge in [0.05, 0.1) is 30.7 Å². The van der Waals surface area contributed by atoms with E-state index in [1.807, 2.05) is 0 Å². The van der Waals surface area contributed by atoms with E-state index in [2.05, 4.69) is 11.3 Å². The van der Waals surface area contributed by atoms with E-state index < -0.39 is 21.8 Å². The number of allylic oxidation sites excluding steroid dienone is 1. The van der Waals surface area contributed by atoms with Gasteiger partial charge in [-0.2, -0.15) is 13.2 Å². The lowest BCUT2D eigenvalue weighted by molar-refractivity contribution is -0.137. The zero-order valence-electron chi connectivity index (χ0n) is 23.4. The summed E-state index contributed by atoms with van der Waals surface area (Å²) < 4.78 is 83.4. The summed E-state index contributed by atoms with van der Waals surface area (Å²) in [6, 6.07) is 13.8. The van der Waals surface area contributed by atoms with E-state index in [4.69, 9.17) is 14.2 Å². The number of alkyl halides is 3. The van der Waals surface area contributed by atoms with Gasteiger partial charge in [0, 0.05) is 24.9 Å². The van der Waals surface area contributed by atoms with Gasteiger partial charge in [-0.3, -0.25) is 9.52 Å². The van der Waals surface area contributed by atoms with Crippen molar-refractivity contribution in [3.8, 4) is 16.9 Å². The smallest absolute Gasteiger partial charge is 0.417 e. The van der Waals surface area contributed by atoms with Crippen LogP contribution in [-0.4, -0.2) is 54.2 Å². The van der Waals surface area contributed by atoms with Crippen molar-refractivity contribution in [3.63, 3.8) is 0 Å². The molecule has 0 saturated heterocycles. The number of fused-ring (bicyclic) bond motifs is 1. The SMILES string of the molecule is C=C(C)c1ccc(-c2ccc3c(c2)CCN(c2ccc(OCOCCOC)c(NS(C)(=O)=O)c2)C3=O)cc1C(F)(F)F. The molecule has 1 N–H and O–H groups in total. The molecule has 1 aliphatic heterocycles. The number of hydrogen-bond acceptors (Lipinski definition) is 6. The number of halogens is 3. The van der Waals surface area contributed by atoms with Crippen molar-refractivity contribution in [1.82, 2.24) is 0 Å². The fourth-order valence-corrected chi connectivity index (χ4v) is 5.20. The van der Waals surface area contributed by atoms with Crippen LogP contribution in [0.5, 0.6) is 5.75 Å². The van der Waals surface area contributed by atoms with Gasteiger partial charge in [0.25, 0.3) is 5.91 Å². The number of sulfonamides is 1. The van der Waals surface area contributed by atoms with Crippen molar-refractivity contribution < 1.29 is 40.6 Å². The summed E-state index contributed by atoms with van der Waals surface area (Å²) in [6.45, 7) is 5.98. The second-order valence-corrected chi connectivity index (χ2v) is 11.6. The van der Waals surface area contributed by atoms with Gasteiger partial charge >= 0.3 is 6.18 Å². The van der Waals surface area contributed by atoms with Gasteiger partial charge < -0.3 is 19.1 Å². The van der Waals surface area contributed by atoms with Crippen molar-refractivity contribution in [1.29, 1.82) is 0 Å². The van der Waals surface area contributed by atoms with E-state index in [9.17, 15) is 26.4 Å². The van der Waals surface area contributed by atoms with Crippen LogP contribution >= 0.6 is 0 Å². The number of amides is 1. The van der Waals surface area contributed by atoms with Crippen molar-refractivity contribution in [2.75, 3.05) is 49.5 Å². The summed E-state index contributed by atoms with van der Waals surface area (Å²) in [5, 5.41) is 0. The Kier molecular flexibility index (Phi) is 9.29. The lowest BCUT2D eigenvalue weighted by atomic mass is 9.91. The molecule has 4 rings (SSSR count). The minimum absolute atomic E-state index is 0.0369. The Morgan fingerprint density at radius 1 is 1.05 bits per heavy atom. The van der Waals surface area contributed by atoms with E-state index >= 15 is 0 Å². The van der Waals surface area contributed by atoms with Gasteiger partial charge in [-0.1, -0.05) is 36.4 Å². The van der Waals surface area contributed by atoms with Crippen LogP contribution in [0.1, 0.15) is 34.0 Å². The van der Waals surface area contributed by atoms with Gasteiger partial charge in [0.15, 0.2) is 6.79 Å². The highest BCUT2D eigenvalue weighted by atomic mass is 32.2. The first-order valence-electron chi connectivity index (χ1n) is 12.9. The second-order valence-electron chi connectivity index (χ2n) is 9.84. The third-order valence-electron chi connectivity index (χ3n) is 6.60. The molecular formula is C30H31F3N2O6S. The topological polar surface area (TPSA) is 94.2 Å². The quantitative estimate of drug-likeness (QED) is 0.214. The first-order valence-corrected chi connectivity index (χ1v) is 14.8. The maximum Gasteiger partial charge on any atom is 0.417 e. The van der Waals surface area contributed by atoms with Crippen LogP contribution in [0.4, 0.5) is 24.5 Å². The largest absolute Gasteiger partial charge is 0.465 e. The third-order valence-corrected chi connectivity index (χ3v) is 7.19. The molecule has 0 fully saturated rings. The molecule has 224 valence electrons. The Bertz CT molecular complexity index is 1610. The molecule has 0 saturated carbocycles. The number of methoxy groups -OCH3 is 1. The molecule has 0 unspecified atom stereocenters. The number of hydrogen-bond donors (Lipinski definition) is 1. The van der Waals surface area contributed by atoms with Crippen LogP contribution < -0.4 is 14.4 Å². The molecule has 0 spiro atoms. The third kappa shape index (κ3) is 7.30. The Morgan fingerprint density at radius 3 is 2.43 bits per heavy atom. The fourth-order valence-electron chi connectivity index (χ4n) is 4.64. The first kappa shape index (κ1) is 31.1. The summed E-state index contributed by atoms with van der Waals surface area (Å²) in [4.78, 5) is 15.0. The molecule has 42 heavy (non-hydrogen) atoms. The summed E-state index contributed by atoms with van der Waals surface area (Å²) in [7, 11) is -2.14. The molecule has 1 aliphatic rings. The zero-order chi connectivity index (χ0) is 30.7. The average Bonchev–Trinajstić information content (AvgIpc) is 2.92. The van der Waals surface area contributed by atoms with Crippen LogP contribution in [-0.2, 0) is 32.1 Å². The van der Waals surface area contributed by atoms with Crippen molar-refractivity contribution in [2.24, 2.45) is 0 Å². The Labute approximate surface area is 242 Å². The summed E-state index contributed by atoms with van der Waals surface area (Å²) in [5.41, 5.74) is 2.21. The molecule has 0 bridgehead atoms. The molecule has 0 aromatic heterocycles. The van der Waals surface area contributed by atoms with Crippen molar-refractivity contribution in [3.05, 3.63) is 83.4 Å². The average molecular weight is 605 g/mol. The standard InChI is InChI=1S/C30H31F3N2O6S/c1-19(2)24-8-5-21(16-26(24)30(31,32)33)20-6-9-25-22(15-20)11-12-35(29(25)36)23-7-10-28(41-18-40-14-13-39-3)27(17-23)34-42(4,37)38/h5-10,15-17,34H,1,11-14,18H2,2-4H3. The van der Waals surface area contributed by atoms with Gasteiger partial charge in [0.1, 0.15) is 5.75 Å². The minimum atomic E-state index is -4.54. The maximum absolute atomic E-state index is 13.7. The maximum atomic E-state index is 13.7. The second kappa shape index (κ2) is 12.6. The van der Waals surface area contributed by atoms with Crippen LogP contribution in [0, 0.1) is 0 Å². The van der Waals surface area contributed by atoms with Crippen LogP contribution in [0.3, 0.4) is 0 Å². The number of nitrogens with zero attached hydrogens (tertiary/aromatic N) is 1. The van der Waals surface area contributed by atoms with Gasteiger partial charge in [-0.15, -0.1) is 0 Å².